The van der Waals surface area contributed by atoms with E-state index in [1.807, 2.05) is 6.92 Å². The molecule has 4 nitrogen and oxygen atoms in total. The van der Waals surface area contributed by atoms with Gasteiger partial charge >= 0.3 is 0 Å². The summed E-state index contributed by atoms with van der Waals surface area (Å²) in [6.45, 7) is 8.26. The zero-order chi connectivity index (χ0) is 15.2. The minimum atomic E-state index is -0.224. The highest BCUT2D eigenvalue weighted by Crippen LogP contribution is 2.21. The predicted molar refractivity (Wildman–Crippen MR) is 83.0 cm³/mol. The lowest BCUT2D eigenvalue weighted by atomic mass is 9.88. The molecule has 1 aromatic rings. The molecule has 0 radical (unpaired) electrons. The van der Waals surface area contributed by atoms with Crippen LogP contribution in [0.25, 0.3) is 0 Å². The molecule has 0 aliphatic rings. The molecule has 20 heavy (non-hydrogen) atoms. The fourth-order valence-electron chi connectivity index (χ4n) is 1.95. The summed E-state index contributed by atoms with van der Waals surface area (Å²) in [5.41, 5.74) is 0.644. The number of pyridine rings is 1. The number of carbonyl (C=O) groups excluding carboxylic acids is 1. The Morgan fingerprint density at radius 1 is 1.50 bits per heavy atom. The summed E-state index contributed by atoms with van der Waals surface area (Å²) in [5.74, 6) is 0.759. The topological polar surface area (TPSA) is 62.2 Å². The lowest BCUT2D eigenvalue weighted by Crippen LogP contribution is -2.40. The standard InChI is InChI=1S/C15H24N2O2S/c1-5-20-13-8-11(6-7-16-13)14(19)17-12(10-18)9-15(2,3)4/h6-8,12,18H,5,9-10H2,1-4H3,(H,17,19). The maximum atomic E-state index is 12.2. The van der Waals surface area contributed by atoms with Crippen LogP contribution in [0.3, 0.4) is 0 Å². The van der Waals surface area contributed by atoms with Crippen molar-refractivity contribution in [2.75, 3.05) is 12.4 Å². The number of thioether (sulfide) groups is 1. The largest absolute Gasteiger partial charge is 0.394 e. The summed E-state index contributed by atoms with van der Waals surface area (Å²) in [4.78, 5) is 16.4. The van der Waals surface area contributed by atoms with Gasteiger partial charge in [0.15, 0.2) is 0 Å². The molecule has 0 spiro atoms. The van der Waals surface area contributed by atoms with Gasteiger partial charge < -0.3 is 10.4 Å². The van der Waals surface area contributed by atoms with Crippen LogP contribution in [0.15, 0.2) is 23.4 Å². The first kappa shape index (κ1) is 17.0. The normalized spacial score (nSPS) is 13.1. The van der Waals surface area contributed by atoms with E-state index in [1.165, 1.54) is 0 Å². The molecule has 0 aliphatic heterocycles. The summed E-state index contributed by atoms with van der Waals surface area (Å²) in [6, 6.07) is 3.26. The van der Waals surface area contributed by atoms with Gasteiger partial charge in [-0.2, -0.15) is 0 Å². The van der Waals surface area contributed by atoms with E-state index in [1.54, 1.807) is 30.1 Å². The van der Waals surface area contributed by atoms with E-state index in [2.05, 4.69) is 31.1 Å². The molecule has 5 heteroatoms. The van der Waals surface area contributed by atoms with Crippen molar-refractivity contribution < 1.29 is 9.90 Å². The maximum Gasteiger partial charge on any atom is 0.251 e. The molecular formula is C15H24N2O2S. The van der Waals surface area contributed by atoms with E-state index in [0.717, 1.165) is 17.2 Å². The Morgan fingerprint density at radius 3 is 2.75 bits per heavy atom. The third kappa shape index (κ3) is 5.92. The van der Waals surface area contributed by atoms with Crippen molar-refractivity contribution >= 4 is 17.7 Å². The van der Waals surface area contributed by atoms with Crippen molar-refractivity contribution in [1.29, 1.82) is 0 Å². The number of hydrogen-bond donors (Lipinski definition) is 2. The summed E-state index contributed by atoms with van der Waals surface area (Å²) in [7, 11) is 0. The van der Waals surface area contributed by atoms with Gasteiger partial charge in [-0.1, -0.05) is 27.7 Å². The Balaban J connectivity index is 2.71. The van der Waals surface area contributed by atoms with Crippen LogP contribution in [0.4, 0.5) is 0 Å². The van der Waals surface area contributed by atoms with E-state index >= 15 is 0 Å². The van der Waals surface area contributed by atoms with E-state index < -0.39 is 0 Å². The van der Waals surface area contributed by atoms with E-state index in [4.69, 9.17) is 0 Å². The lowest BCUT2D eigenvalue weighted by Gasteiger charge is -2.25. The highest BCUT2D eigenvalue weighted by atomic mass is 32.2. The van der Waals surface area contributed by atoms with E-state index in [9.17, 15) is 9.90 Å². The molecule has 0 saturated heterocycles. The van der Waals surface area contributed by atoms with Crippen LogP contribution in [0.1, 0.15) is 44.5 Å². The van der Waals surface area contributed by atoms with Crippen LogP contribution in [0.5, 0.6) is 0 Å². The van der Waals surface area contributed by atoms with Gasteiger partial charge in [0.25, 0.3) is 5.91 Å². The monoisotopic (exact) mass is 296 g/mol. The number of carbonyl (C=O) groups is 1. The Hall–Kier alpha value is -1.07. The van der Waals surface area contributed by atoms with E-state index in [0.29, 0.717) is 5.56 Å². The van der Waals surface area contributed by atoms with Crippen molar-refractivity contribution in [3.63, 3.8) is 0 Å². The second kappa shape index (κ2) is 7.64. The first-order valence-electron chi connectivity index (χ1n) is 6.86. The smallest absolute Gasteiger partial charge is 0.251 e. The predicted octanol–water partition coefficient (Wildman–Crippen LogP) is 2.72. The highest BCUT2D eigenvalue weighted by molar-refractivity contribution is 7.99. The molecule has 1 heterocycles. The Morgan fingerprint density at radius 2 is 2.20 bits per heavy atom. The molecule has 0 aliphatic carbocycles. The zero-order valence-electron chi connectivity index (χ0n) is 12.6. The van der Waals surface area contributed by atoms with Gasteiger partial charge in [0.2, 0.25) is 0 Å². The maximum absolute atomic E-state index is 12.2. The number of amides is 1. The van der Waals surface area contributed by atoms with Crippen LogP contribution in [0, 0.1) is 5.41 Å². The third-order valence-corrected chi connectivity index (χ3v) is 3.51. The van der Waals surface area contributed by atoms with Crippen LogP contribution in [0.2, 0.25) is 0 Å². The number of aliphatic hydroxyl groups excluding tert-OH is 1. The quantitative estimate of drug-likeness (QED) is 0.792. The number of rotatable bonds is 6. The molecule has 112 valence electrons. The molecule has 1 atom stereocenters. The van der Waals surface area contributed by atoms with Crippen LogP contribution in [-0.2, 0) is 0 Å². The molecule has 0 saturated carbocycles. The molecule has 1 amide bonds. The van der Waals surface area contributed by atoms with Gasteiger partial charge in [0.1, 0.15) is 0 Å². The molecule has 0 bridgehead atoms. The van der Waals surface area contributed by atoms with E-state index in [-0.39, 0.29) is 24.0 Å². The van der Waals surface area contributed by atoms with Crippen molar-refractivity contribution in [1.82, 2.24) is 10.3 Å². The number of aliphatic hydroxyl groups is 1. The molecule has 0 aromatic carbocycles. The minimum Gasteiger partial charge on any atom is -0.394 e. The van der Waals surface area contributed by atoms with Gasteiger partial charge in [-0.25, -0.2) is 4.98 Å². The fourth-order valence-corrected chi connectivity index (χ4v) is 2.59. The Bertz CT molecular complexity index is 444. The molecule has 1 aromatic heterocycles. The van der Waals surface area contributed by atoms with Gasteiger partial charge in [-0.3, -0.25) is 4.79 Å². The van der Waals surface area contributed by atoms with Crippen molar-refractivity contribution in [3.8, 4) is 0 Å². The van der Waals surface area contributed by atoms with Crippen LogP contribution in [-0.4, -0.2) is 34.4 Å². The van der Waals surface area contributed by atoms with Crippen LogP contribution < -0.4 is 5.32 Å². The molecule has 1 unspecified atom stereocenters. The van der Waals surface area contributed by atoms with Gasteiger partial charge in [-0.05, 0) is 29.7 Å². The number of nitrogens with one attached hydrogen (secondary N) is 1. The number of aromatic nitrogens is 1. The molecular weight excluding hydrogens is 272 g/mol. The number of nitrogens with zero attached hydrogens (tertiary/aromatic N) is 1. The first-order chi connectivity index (χ1) is 9.35. The molecule has 2 N–H and O–H groups in total. The Labute approximate surface area is 125 Å². The van der Waals surface area contributed by atoms with Crippen molar-refractivity contribution in [3.05, 3.63) is 23.9 Å². The zero-order valence-corrected chi connectivity index (χ0v) is 13.5. The lowest BCUT2D eigenvalue weighted by molar-refractivity contribution is 0.0897. The molecule has 0 fully saturated rings. The van der Waals surface area contributed by atoms with Gasteiger partial charge in [0.05, 0.1) is 17.7 Å². The van der Waals surface area contributed by atoms with Gasteiger partial charge in [0, 0.05) is 11.8 Å². The molecule has 1 rings (SSSR count). The average molecular weight is 296 g/mol. The van der Waals surface area contributed by atoms with Crippen molar-refractivity contribution in [2.45, 2.75) is 45.2 Å². The van der Waals surface area contributed by atoms with Crippen molar-refractivity contribution in [2.24, 2.45) is 5.41 Å². The van der Waals surface area contributed by atoms with Crippen LogP contribution >= 0.6 is 11.8 Å². The summed E-state index contributed by atoms with van der Waals surface area (Å²) < 4.78 is 0. The number of hydrogen-bond acceptors (Lipinski definition) is 4. The Kier molecular flexibility index (Phi) is 6.49. The van der Waals surface area contributed by atoms with Gasteiger partial charge in [-0.15, -0.1) is 11.8 Å². The average Bonchev–Trinajstić information content (AvgIpc) is 2.37. The summed E-state index contributed by atoms with van der Waals surface area (Å²) in [5, 5.41) is 13.1. The summed E-state index contributed by atoms with van der Waals surface area (Å²) >= 11 is 1.60. The second-order valence-corrected chi connectivity index (χ2v) is 7.22. The second-order valence-electron chi connectivity index (χ2n) is 5.93. The minimum absolute atomic E-state index is 0.0509. The fraction of sp³-hybridized carbons (Fsp3) is 0.600. The highest BCUT2D eigenvalue weighted by Gasteiger charge is 2.20. The third-order valence-electron chi connectivity index (χ3n) is 2.70. The first-order valence-corrected chi connectivity index (χ1v) is 7.85. The summed E-state index contributed by atoms with van der Waals surface area (Å²) in [6.07, 6.45) is 2.38. The SMILES string of the molecule is CCSc1cc(C(=O)NC(CO)CC(C)(C)C)ccn1.